The van der Waals surface area contributed by atoms with Crippen molar-refractivity contribution in [2.24, 2.45) is 0 Å². The van der Waals surface area contributed by atoms with Gasteiger partial charge in [-0.2, -0.15) is 0 Å². The molecule has 2 rings (SSSR count). The van der Waals surface area contributed by atoms with E-state index in [1.165, 1.54) is 11.3 Å². The van der Waals surface area contributed by atoms with Crippen LogP contribution in [0.4, 0.5) is 5.00 Å². The number of anilines is 1. The van der Waals surface area contributed by atoms with E-state index in [9.17, 15) is 14.4 Å². The van der Waals surface area contributed by atoms with Gasteiger partial charge in [-0.15, -0.1) is 11.3 Å². The van der Waals surface area contributed by atoms with Gasteiger partial charge in [0.15, 0.2) is 6.61 Å². The molecule has 0 bridgehead atoms. The van der Waals surface area contributed by atoms with Crippen LogP contribution in [-0.2, 0) is 14.3 Å². The van der Waals surface area contributed by atoms with Crippen molar-refractivity contribution in [3.05, 3.63) is 51.4 Å². The van der Waals surface area contributed by atoms with Crippen molar-refractivity contribution in [2.45, 2.75) is 27.7 Å². The summed E-state index contributed by atoms with van der Waals surface area (Å²) in [7, 11) is 0. The molecule has 0 spiro atoms. The quantitative estimate of drug-likeness (QED) is 0.780. The normalized spacial score (nSPS) is 10.3. The molecule has 1 heterocycles. The first-order chi connectivity index (χ1) is 12.3. The number of hydrogen-bond acceptors (Lipinski definition) is 6. The van der Waals surface area contributed by atoms with E-state index in [1.54, 1.807) is 32.0 Å². The second-order valence-corrected chi connectivity index (χ2v) is 6.93. The molecule has 138 valence electrons. The van der Waals surface area contributed by atoms with Gasteiger partial charge in [0.05, 0.1) is 17.7 Å². The SMILES string of the molecule is CCOC(=O)c1c(NC(=O)COC(=O)c2cccc(C)c2)sc(C)c1C. The summed E-state index contributed by atoms with van der Waals surface area (Å²) in [6.45, 7) is 7.04. The first kappa shape index (κ1) is 19.7. The van der Waals surface area contributed by atoms with Crippen molar-refractivity contribution in [1.82, 2.24) is 0 Å². The minimum Gasteiger partial charge on any atom is -0.462 e. The summed E-state index contributed by atoms with van der Waals surface area (Å²) < 4.78 is 10.1. The maximum atomic E-state index is 12.1. The van der Waals surface area contributed by atoms with Crippen LogP contribution in [0.5, 0.6) is 0 Å². The summed E-state index contributed by atoms with van der Waals surface area (Å²) in [6.07, 6.45) is 0. The van der Waals surface area contributed by atoms with Crippen molar-refractivity contribution >= 4 is 34.2 Å². The van der Waals surface area contributed by atoms with Gasteiger partial charge in [-0.05, 0) is 45.4 Å². The molecule has 0 saturated heterocycles. The van der Waals surface area contributed by atoms with E-state index in [0.717, 1.165) is 16.0 Å². The standard InChI is InChI=1S/C19H21NO5S/c1-5-24-19(23)16-12(3)13(4)26-17(16)20-15(21)10-25-18(22)14-8-6-7-11(2)9-14/h6-9H,5,10H2,1-4H3,(H,20,21). The van der Waals surface area contributed by atoms with Crippen LogP contribution in [0.15, 0.2) is 24.3 Å². The predicted octanol–water partition coefficient (Wildman–Crippen LogP) is 3.65. The van der Waals surface area contributed by atoms with Crippen molar-refractivity contribution in [3.63, 3.8) is 0 Å². The van der Waals surface area contributed by atoms with Crippen LogP contribution in [0.3, 0.4) is 0 Å². The summed E-state index contributed by atoms with van der Waals surface area (Å²) >= 11 is 1.28. The lowest BCUT2D eigenvalue weighted by molar-refractivity contribution is -0.119. The smallest absolute Gasteiger partial charge is 0.341 e. The highest BCUT2D eigenvalue weighted by Crippen LogP contribution is 2.33. The van der Waals surface area contributed by atoms with E-state index in [-0.39, 0.29) is 6.61 Å². The van der Waals surface area contributed by atoms with Crippen LogP contribution in [0.2, 0.25) is 0 Å². The molecule has 0 aliphatic heterocycles. The Balaban J connectivity index is 2.03. The molecule has 7 heteroatoms. The Morgan fingerprint density at radius 1 is 1.08 bits per heavy atom. The minimum atomic E-state index is -0.576. The summed E-state index contributed by atoms with van der Waals surface area (Å²) in [5, 5.41) is 3.03. The number of carbonyl (C=O) groups is 3. The summed E-state index contributed by atoms with van der Waals surface area (Å²) in [5.41, 5.74) is 2.41. The highest BCUT2D eigenvalue weighted by atomic mass is 32.1. The fraction of sp³-hybridized carbons (Fsp3) is 0.316. The lowest BCUT2D eigenvalue weighted by atomic mass is 10.1. The van der Waals surface area contributed by atoms with Gasteiger partial charge in [-0.3, -0.25) is 4.79 Å². The third kappa shape index (κ3) is 4.70. The number of aryl methyl sites for hydroxylation is 2. The number of hydrogen-bond donors (Lipinski definition) is 1. The lowest BCUT2D eigenvalue weighted by Crippen LogP contribution is -2.21. The zero-order valence-electron chi connectivity index (χ0n) is 15.2. The number of ether oxygens (including phenoxy) is 2. The monoisotopic (exact) mass is 375 g/mol. The topological polar surface area (TPSA) is 81.7 Å². The molecule has 2 aromatic rings. The molecule has 1 aromatic carbocycles. The maximum Gasteiger partial charge on any atom is 0.341 e. The molecule has 6 nitrogen and oxygen atoms in total. The molecular weight excluding hydrogens is 354 g/mol. The van der Waals surface area contributed by atoms with Crippen molar-refractivity contribution in [3.8, 4) is 0 Å². The molecule has 0 aliphatic carbocycles. The van der Waals surface area contributed by atoms with Gasteiger partial charge in [0.1, 0.15) is 5.00 Å². The van der Waals surface area contributed by atoms with Gasteiger partial charge >= 0.3 is 11.9 Å². The van der Waals surface area contributed by atoms with Crippen LogP contribution < -0.4 is 5.32 Å². The van der Waals surface area contributed by atoms with Gasteiger partial charge in [-0.25, -0.2) is 9.59 Å². The summed E-state index contributed by atoms with van der Waals surface area (Å²) in [5.74, 6) is -1.58. The number of nitrogens with one attached hydrogen (secondary N) is 1. The fourth-order valence-electron chi connectivity index (χ4n) is 2.31. The van der Waals surface area contributed by atoms with E-state index in [4.69, 9.17) is 9.47 Å². The Kier molecular flexibility index (Phi) is 6.52. The molecule has 0 unspecified atom stereocenters. The number of thiophene rings is 1. The number of esters is 2. The molecular formula is C19H21NO5S. The van der Waals surface area contributed by atoms with Crippen LogP contribution in [0.1, 0.15) is 43.6 Å². The Bertz CT molecular complexity index is 840. The van der Waals surface area contributed by atoms with Crippen molar-refractivity contribution in [2.75, 3.05) is 18.5 Å². The summed E-state index contributed by atoms with van der Waals surface area (Å²) in [6, 6.07) is 6.92. The Labute approximate surface area is 156 Å². The molecule has 0 saturated carbocycles. The van der Waals surface area contributed by atoms with Gasteiger partial charge in [0, 0.05) is 4.88 Å². The molecule has 26 heavy (non-hydrogen) atoms. The van der Waals surface area contributed by atoms with Gasteiger partial charge in [0.2, 0.25) is 0 Å². The average molecular weight is 375 g/mol. The van der Waals surface area contributed by atoms with E-state index in [1.807, 2.05) is 19.9 Å². The molecule has 0 atom stereocenters. The summed E-state index contributed by atoms with van der Waals surface area (Å²) in [4.78, 5) is 37.1. The zero-order chi connectivity index (χ0) is 19.3. The number of benzene rings is 1. The second kappa shape index (κ2) is 8.62. The highest BCUT2D eigenvalue weighted by molar-refractivity contribution is 7.16. The van der Waals surface area contributed by atoms with E-state index >= 15 is 0 Å². The third-order valence-corrected chi connectivity index (χ3v) is 4.83. The van der Waals surface area contributed by atoms with Crippen LogP contribution >= 0.6 is 11.3 Å². The third-order valence-electron chi connectivity index (χ3n) is 3.71. The largest absolute Gasteiger partial charge is 0.462 e. The molecule has 0 fully saturated rings. The van der Waals surface area contributed by atoms with Gasteiger partial charge in [-0.1, -0.05) is 17.7 Å². The number of rotatable bonds is 6. The first-order valence-electron chi connectivity index (χ1n) is 8.14. The molecule has 0 radical (unpaired) electrons. The molecule has 0 aliphatic rings. The Hall–Kier alpha value is -2.67. The first-order valence-corrected chi connectivity index (χ1v) is 8.95. The van der Waals surface area contributed by atoms with Crippen LogP contribution in [0, 0.1) is 20.8 Å². The predicted molar refractivity (Wildman–Crippen MR) is 99.8 cm³/mol. The van der Waals surface area contributed by atoms with E-state index < -0.39 is 24.5 Å². The average Bonchev–Trinajstić information content (AvgIpc) is 2.86. The minimum absolute atomic E-state index is 0.245. The van der Waals surface area contributed by atoms with Gasteiger partial charge < -0.3 is 14.8 Å². The van der Waals surface area contributed by atoms with Crippen LogP contribution in [-0.4, -0.2) is 31.1 Å². The number of amides is 1. The molecule has 1 aromatic heterocycles. The Morgan fingerprint density at radius 2 is 1.81 bits per heavy atom. The lowest BCUT2D eigenvalue weighted by Gasteiger charge is -2.08. The van der Waals surface area contributed by atoms with Gasteiger partial charge in [0.25, 0.3) is 5.91 Å². The number of carbonyl (C=O) groups excluding carboxylic acids is 3. The van der Waals surface area contributed by atoms with E-state index in [0.29, 0.717) is 16.1 Å². The van der Waals surface area contributed by atoms with E-state index in [2.05, 4.69) is 5.32 Å². The highest BCUT2D eigenvalue weighted by Gasteiger charge is 2.22. The molecule has 1 amide bonds. The molecule has 1 N–H and O–H groups in total. The van der Waals surface area contributed by atoms with Crippen LogP contribution in [0.25, 0.3) is 0 Å². The van der Waals surface area contributed by atoms with Crippen molar-refractivity contribution in [1.29, 1.82) is 0 Å². The Morgan fingerprint density at radius 3 is 2.46 bits per heavy atom. The zero-order valence-corrected chi connectivity index (χ0v) is 16.0. The maximum absolute atomic E-state index is 12.1. The fourth-order valence-corrected chi connectivity index (χ4v) is 3.38. The second-order valence-electron chi connectivity index (χ2n) is 5.70. The van der Waals surface area contributed by atoms with Crippen molar-refractivity contribution < 1.29 is 23.9 Å².